The molecule has 0 aromatic heterocycles. The standard InChI is InChI=1S/C26H46N8O10/c1-6-12(4)20(25(42)31-15(26(43)44)7-8-17(28)36)34-23(40)16(10-35)32-24(41)19(11(2)3)33-21(38)13(5)30-22(39)14(27)9-18(29)37/h11-16,19-20,35H,6-10,27H2,1-5H3,(H2,28,36)(H2,29,37)(H,30,39)(H,31,42)(H,32,41)(H,33,38)(H,34,40)(H,43,44)/t12-,13-,14-,15-,16-,19-,20-/m0/s1. The lowest BCUT2D eigenvalue weighted by Gasteiger charge is -2.29. The molecule has 18 heteroatoms. The topological polar surface area (TPSA) is 315 Å². The number of primary amides is 2. The van der Waals surface area contributed by atoms with Crippen molar-refractivity contribution in [1.82, 2.24) is 26.6 Å². The van der Waals surface area contributed by atoms with Crippen LogP contribution in [0.15, 0.2) is 0 Å². The van der Waals surface area contributed by atoms with Crippen LogP contribution in [0.2, 0.25) is 0 Å². The molecule has 44 heavy (non-hydrogen) atoms. The first-order valence-corrected chi connectivity index (χ1v) is 14.0. The molecule has 0 saturated heterocycles. The summed E-state index contributed by atoms with van der Waals surface area (Å²) in [5.74, 6) is -8.37. The maximum atomic E-state index is 13.1. The Balaban J connectivity index is 5.59. The Morgan fingerprint density at radius 2 is 1.20 bits per heavy atom. The molecule has 250 valence electrons. The van der Waals surface area contributed by atoms with Gasteiger partial charge in [-0.05, 0) is 25.2 Å². The van der Waals surface area contributed by atoms with Crippen molar-refractivity contribution in [2.24, 2.45) is 29.0 Å². The molecule has 0 rings (SSSR count). The number of amides is 7. The van der Waals surface area contributed by atoms with E-state index >= 15 is 0 Å². The second-order valence-electron chi connectivity index (χ2n) is 10.8. The summed E-state index contributed by atoms with van der Waals surface area (Å²) < 4.78 is 0. The monoisotopic (exact) mass is 630 g/mol. The number of aliphatic carboxylic acids is 1. The highest BCUT2D eigenvalue weighted by atomic mass is 16.4. The van der Waals surface area contributed by atoms with Crippen molar-refractivity contribution < 1.29 is 48.6 Å². The first-order valence-electron chi connectivity index (χ1n) is 14.0. The molecule has 0 aromatic carbocycles. The van der Waals surface area contributed by atoms with E-state index < -0.39 is 108 Å². The number of hydrogen-bond acceptors (Lipinski definition) is 10. The van der Waals surface area contributed by atoms with E-state index in [2.05, 4.69) is 26.6 Å². The normalized spacial score (nSPS) is 15.7. The van der Waals surface area contributed by atoms with E-state index in [-0.39, 0.29) is 12.8 Å². The van der Waals surface area contributed by atoms with Crippen LogP contribution in [-0.4, -0.2) is 100 Å². The Morgan fingerprint density at radius 1 is 0.682 bits per heavy atom. The minimum Gasteiger partial charge on any atom is -0.480 e. The molecule has 13 N–H and O–H groups in total. The molecule has 18 nitrogen and oxygen atoms in total. The van der Waals surface area contributed by atoms with Crippen molar-refractivity contribution in [2.45, 2.75) is 96.6 Å². The first-order chi connectivity index (χ1) is 20.4. The predicted octanol–water partition coefficient (Wildman–Crippen LogP) is -4.32. The van der Waals surface area contributed by atoms with Gasteiger partial charge in [0.25, 0.3) is 0 Å². The highest BCUT2D eigenvalue weighted by molar-refractivity contribution is 5.96. The average Bonchev–Trinajstić information content (AvgIpc) is 2.93. The lowest BCUT2D eigenvalue weighted by molar-refractivity contribution is -0.143. The number of rotatable bonds is 20. The summed E-state index contributed by atoms with van der Waals surface area (Å²) in [5, 5.41) is 31.0. The number of hydrogen-bond donors (Lipinski definition) is 10. The van der Waals surface area contributed by atoms with E-state index in [1.54, 1.807) is 27.7 Å². The zero-order chi connectivity index (χ0) is 34.3. The number of carboxylic acid groups (broad SMARTS) is 1. The highest BCUT2D eigenvalue weighted by Crippen LogP contribution is 2.10. The van der Waals surface area contributed by atoms with Gasteiger partial charge in [-0.2, -0.15) is 0 Å². The Kier molecular flexibility index (Phi) is 17.2. The van der Waals surface area contributed by atoms with Gasteiger partial charge in [-0.3, -0.25) is 33.6 Å². The summed E-state index contributed by atoms with van der Waals surface area (Å²) in [6.07, 6.45) is -0.663. The fourth-order valence-electron chi connectivity index (χ4n) is 3.73. The van der Waals surface area contributed by atoms with Gasteiger partial charge in [0, 0.05) is 6.42 Å². The third-order valence-corrected chi connectivity index (χ3v) is 6.66. The van der Waals surface area contributed by atoms with Crippen molar-refractivity contribution >= 4 is 47.3 Å². The quantitative estimate of drug-likeness (QED) is 0.0613. The molecule has 0 fully saturated rings. The van der Waals surface area contributed by atoms with Crippen LogP contribution in [0.1, 0.15) is 60.3 Å². The van der Waals surface area contributed by atoms with Gasteiger partial charge in [-0.25, -0.2) is 4.79 Å². The Labute approximate surface area is 255 Å². The largest absolute Gasteiger partial charge is 0.480 e. The van der Waals surface area contributed by atoms with Crippen LogP contribution in [0.3, 0.4) is 0 Å². The second-order valence-corrected chi connectivity index (χ2v) is 10.8. The van der Waals surface area contributed by atoms with Crippen molar-refractivity contribution in [3.05, 3.63) is 0 Å². The van der Waals surface area contributed by atoms with Crippen molar-refractivity contribution in [3.8, 4) is 0 Å². The minimum atomic E-state index is -1.57. The predicted molar refractivity (Wildman–Crippen MR) is 155 cm³/mol. The number of aliphatic hydroxyl groups is 1. The van der Waals surface area contributed by atoms with Gasteiger partial charge in [-0.15, -0.1) is 0 Å². The number of carboxylic acids is 1. The maximum Gasteiger partial charge on any atom is 0.326 e. The molecule has 0 heterocycles. The van der Waals surface area contributed by atoms with Gasteiger partial charge in [-0.1, -0.05) is 34.1 Å². The summed E-state index contributed by atoms with van der Waals surface area (Å²) in [4.78, 5) is 97.5. The lowest BCUT2D eigenvalue weighted by Crippen LogP contribution is -2.61. The van der Waals surface area contributed by atoms with Crippen molar-refractivity contribution in [3.63, 3.8) is 0 Å². The van der Waals surface area contributed by atoms with Gasteiger partial charge < -0.3 is 54.0 Å². The highest BCUT2D eigenvalue weighted by Gasteiger charge is 2.34. The van der Waals surface area contributed by atoms with Gasteiger partial charge in [0.1, 0.15) is 30.2 Å². The molecule has 0 saturated carbocycles. The summed E-state index contributed by atoms with van der Waals surface area (Å²) in [6.45, 7) is 6.92. The van der Waals surface area contributed by atoms with E-state index in [1.165, 1.54) is 6.92 Å². The molecule has 7 atom stereocenters. The van der Waals surface area contributed by atoms with Crippen LogP contribution in [0.5, 0.6) is 0 Å². The second kappa shape index (κ2) is 19.1. The Morgan fingerprint density at radius 3 is 1.66 bits per heavy atom. The zero-order valence-electron chi connectivity index (χ0n) is 25.5. The molecule has 0 radical (unpaired) electrons. The van der Waals surface area contributed by atoms with Gasteiger partial charge in [0.15, 0.2) is 0 Å². The fraction of sp³-hybridized carbons (Fsp3) is 0.692. The maximum absolute atomic E-state index is 13.1. The molecule has 0 aliphatic rings. The fourth-order valence-corrected chi connectivity index (χ4v) is 3.73. The molecule has 0 aromatic rings. The van der Waals surface area contributed by atoms with Crippen LogP contribution in [0, 0.1) is 11.8 Å². The smallest absolute Gasteiger partial charge is 0.326 e. The molecule has 0 spiro atoms. The minimum absolute atomic E-state index is 0.280. The molecule has 0 unspecified atom stereocenters. The van der Waals surface area contributed by atoms with Crippen LogP contribution < -0.4 is 43.8 Å². The van der Waals surface area contributed by atoms with Crippen LogP contribution in [0.25, 0.3) is 0 Å². The van der Waals surface area contributed by atoms with Crippen LogP contribution >= 0.6 is 0 Å². The lowest BCUT2D eigenvalue weighted by atomic mass is 9.97. The number of carbonyl (C=O) groups excluding carboxylic acids is 7. The van der Waals surface area contributed by atoms with Crippen molar-refractivity contribution in [1.29, 1.82) is 0 Å². The number of aliphatic hydroxyl groups excluding tert-OH is 1. The molecule has 0 aliphatic carbocycles. The van der Waals surface area contributed by atoms with Crippen molar-refractivity contribution in [2.75, 3.05) is 6.61 Å². The summed E-state index contributed by atoms with van der Waals surface area (Å²) in [5.41, 5.74) is 15.6. The number of nitrogens with two attached hydrogens (primary N) is 3. The molecular formula is C26H46N8O10. The van der Waals surface area contributed by atoms with Crippen LogP contribution in [0.4, 0.5) is 0 Å². The molecule has 0 bridgehead atoms. The first kappa shape index (κ1) is 39.7. The third-order valence-electron chi connectivity index (χ3n) is 6.66. The van der Waals surface area contributed by atoms with Crippen LogP contribution in [-0.2, 0) is 38.4 Å². The molecule has 0 aliphatic heterocycles. The Bertz CT molecular complexity index is 1070. The van der Waals surface area contributed by atoms with Gasteiger partial charge in [0.2, 0.25) is 41.4 Å². The summed E-state index contributed by atoms with van der Waals surface area (Å²) in [7, 11) is 0. The number of nitrogens with one attached hydrogen (secondary N) is 5. The molecule has 7 amide bonds. The summed E-state index contributed by atoms with van der Waals surface area (Å²) >= 11 is 0. The van der Waals surface area contributed by atoms with Gasteiger partial charge >= 0.3 is 5.97 Å². The Hall–Kier alpha value is -4.32. The zero-order valence-corrected chi connectivity index (χ0v) is 25.5. The van der Waals surface area contributed by atoms with E-state index in [9.17, 15) is 48.6 Å². The van der Waals surface area contributed by atoms with E-state index in [4.69, 9.17) is 17.2 Å². The average molecular weight is 631 g/mol. The summed E-state index contributed by atoms with van der Waals surface area (Å²) in [6, 6.07) is -8.03. The molecular weight excluding hydrogens is 584 g/mol. The van der Waals surface area contributed by atoms with E-state index in [1.807, 2.05) is 0 Å². The van der Waals surface area contributed by atoms with Gasteiger partial charge in [0.05, 0.1) is 19.1 Å². The third kappa shape index (κ3) is 13.8. The SMILES string of the molecule is CC[C@H](C)[C@H](NC(=O)[C@H](CO)NC(=O)[C@@H](NC(=O)[C@H](C)NC(=O)[C@@H](N)CC(N)=O)C(C)C)C(=O)N[C@@H](CCC(N)=O)C(=O)O. The number of carbonyl (C=O) groups is 8. The van der Waals surface area contributed by atoms with E-state index in [0.29, 0.717) is 6.42 Å². The van der Waals surface area contributed by atoms with E-state index in [0.717, 1.165) is 0 Å².